The number of anilines is 1. The van der Waals surface area contributed by atoms with Crippen LogP contribution in [0.2, 0.25) is 0 Å². The molecule has 0 bridgehead atoms. The molecule has 3 aromatic rings. The zero-order valence-electron chi connectivity index (χ0n) is 20.0. The van der Waals surface area contributed by atoms with E-state index in [1.54, 1.807) is 50.1 Å². The summed E-state index contributed by atoms with van der Waals surface area (Å²) in [6, 6.07) is 8.70. The van der Waals surface area contributed by atoms with E-state index >= 15 is 0 Å². The number of benzene rings is 2. The third-order valence-electron chi connectivity index (χ3n) is 5.15. The first-order valence-corrected chi connectivity index (χ1v) is 13.3. The summed E-state index contributed by atoms with van der Waals surface area (Å²) in [5.41, 5.74) is 1.18. The van der Waals surface area contributed by atoms with Crippen LogP contribution in [0.3, 0.4) is 0 Å². The lowest BCUT2D eigenvalue weighted by Gasteiger charge is -2.28. The molecule has 3 rings (SSSR count). The van der Waals surface area contributed by atoms with Gasteiger partial charge in [0.1, 0.15) is 17.7 Å². The van der Waals surface area contributed by atoms with E-state index in [2.05, 4.69) is 10.5 Å². The van der Waals surface area contributed by atoms with Crippen molar-refractivity contribution in [2.45, 2.75) is 17.5 Å². The number of nitrogens with zero attached hydrogens (tertiary/aromatic N) is 2. The highest BCUT2D eigenvalue weighted by atomic mass is 32.3. The van der Waals surface area contributed by atoms with E-state index in [4.69, 9.17) is 9.26 Å². The van der Waals surface area contributed by atoms with Gasteiger partial charge in [-0.1, -0.05) is 24.3 Å². The van der Waals surface area contributed by atoms with E-state index in [1.807, 2.05) is 0 Å². The second-order valence-electron chi connectivity index (χ2n) is 8.64. The van der Waals surface area contributed by atoms with Gasteiger partial charge in [0.25, 0.3) is 17.7 Å². The second-order valence-corrected chi connectivity index (χ2v) is 12.7. The van der Waals surface area contributed by atoms with Gasteiger partial charge in [-0.15, -0.1) is 0 Å². The van der Waals surface area contributed by atoms with Crippen LogP contribution in [0.4, 0.5) is 14.5 Å². The largest absolute Gasteiger partial charge is 0.491 e. The Morgan fingerprint density at radius 1 is 1.14 bits per heavy atom. The topological polar surface area (TPSA) is 105 Å². The summed E-state index contributed by atoms with van der Waals surface area (Å²) in [4.78, 5) is 27.3. The molecule has 188 valence electrons. The van der Waals surface area contributed by atoms with Gasteiger partial charge < -0.3 is 24.6 Å². The fourth-order valence-electron chi connectivity index (χ4n) is 3.60. The number of hydrogen-bond donors (Lipinski definition) is 2. The number of likely N-dealkylation sites (N-methyl/N-ethyl adjacent to an activating group) is 1. The van der Waals surface area contributed by atoms with Gasteiger partial charge in [0.2, 0.25) is 5.76 Å². The summed E-state index contributed by atoms with van der Waals surface area (Å²) in [5, 5.41) is 15.2. The lowest BCUT2D eigenvalue weighted by molar-refractivity contribution is -0.120. The zero-order valence-corrected chi connectivity index (χ0v) is 20.8. The number of halogens is 2. The summed E-state index contributed by atoms with van der Waals surface area (Å²) < 4.78 is 39.4. The van der Waals surface area contributed by atoms with Gasteiger partial charge >= 0.3 is 0 Å². The highest BCUT2D eigenvalue weighted by molar-refractivity contribution is 8.32. The van der Waals surface area contributed by atoms with Crippen LogP contribution in [-0.2, 0) is 16.1 Å². The SMILES string of the molecule is COCc1ccc([C@H](C(=O)Nc2cc(F)c(S(C)(C)C)c(F)c2)N(C)C(=O)c2cc(O)no2)cc1. The Morgan fingerprint density at radius 3 is 2.23 bits per heavy atom. The van der Waals surface area contributed by atoms with Gasteiger partial charge in [0.05, 0.1) is 17.6 Å². The maximum atomic E-state index is 14.7. The molecule has 0 aliphatic heterocycles. The number of nitrogens with one attached hydrogen (secondary N) is 1. The second kappa shape index (κ2) is 10.4. The van der Waals surface area contributed by atoms with Crippen LogP contribution in [0.1, 0.15) is 27.7 Å². The molecule has 1 atom stereocenters. The van der Waals surface area contributed by atoms with Crippen LogP contribution >= 0.6 is 10.0 Å². The van der Waals surface area contributed by atoms with Gasteiger partial charge in [0.15, 0.2) is 0 Å². The van der Waals surface area contributed by atoms with Crippen LogP contribution in [-0.4, -0.2) is 59.9 Å². The van der Waals surface area contributed by atoms with Crippen molar-refractivity contribution < 1.29 is 32.7 Å². The quantitative estimate of drug-likeness (QED) is 0.471. The van der Waals surface area contributed by atoms with Crippen LogP contribution in [0.5, 0.6) is 5.88 Å². The molecule has 0 saturated carbocycles. The molecule has 11 heteroatoms. The Labute approximate surface area is 203 Å². The number of hydrogen-bond acceptors (Lipinski definition) is 6. The zero-order chi connectivity index (χ0) is 25.9. The minimum Gasteiger partial charge on any atom is -0.491 e. The molecular weight excluding hydrogens is 480 g/mol. The number of methoxy groups -OCH3 is 1. The summed E-state index contributed by atoms with van der Waals surface area (Å²) in [6.45, 7) is 0.351. The van der Waals surface area contributed by atoms with E-state index < -0.39 is 45.4 Å². The molecule has 1 aromatic heterocycles. The van der Waals surface area contributed by atoms with Gasteiger partial charge in [-0.25, -0.2) is 18.8 Å². The molecule has 8 nitrogen and oxygen atoms in total. The van der Waals surface area contributed by atoms with Gasteiger partial charge in [0, 0.05) is 19.8 Å². The molecule has 2 N–H and O–H groups in total. The number of carbonyl (C=O) groups excluding carboxylic acids is 2. The molecule has 2 amide bonds. The van der Waals surface area contributed by atoms with Crippen molar-refractivity contribution in [2.75, 3.05) is 38.2 Å². The predicted octanol–water partition coefficient (Wildman–Crippen LogP) is 4.31. The van der Waals surface area contributed by atoms with E-state index in [0.717, 1.165) is 28.7 Å². The molecule has 0 aliphatic rings. The average molecular weight is 508 g/mol. The molecule has 0 fully saturated rings. The molecule has 0 unspecified atom stereocenters. The molecule has 0 saturated heterocycles. The van der Waals surface area contributed by atoms with Crippen molar-refractivity contribution in [3.63, 3.8) is 0 Å². The lowest BCUT2D eigenvalue weighted by atomic mass is 10.0. The first-order chi connectivity index (χ1) is 16.4. The summed E-state index contributed by atoms with van der Waals surface area (Å²) >= 11 is 0. The minimum absolute atomic E-state index is 0.0156. The van der Waals surface area contributed by atoms with Crippen molar-refractivity contribution in [3.8, 4) is 5.88 Å². The molecule has 0 spiro atoms. The van der Waals surface area contributed by atoms with Crippen molar-refractivity contribution in [3.05, 3.63) is 71.0 Å². The van der Waals surface area contributed by atoms with Crippen LogP contribution in [0.15, 0.2) is 51.9 Å². The first-order valence-electron chi connectivity index (χ1n) is 10.4. The summed E-state index contributed by atoms with van der Waals surface area (Å²) in [7, 11) is 1.22. The van der Waals surface area contributed by atoms with Crippen molar-refractivity contribution in [1.82, 2.24) is 10.1 Å². The molecule has 35 heavy (non-hydrogen) atoms. The third-order valence-corrected chi connectivity index (χ3v) is 6.76. The highest BCUT2D eigenvalue weighted by Crippen LogP contribution is 2.48. The minimum atomic E-state index is -1.69. The maximum Gasteiger partial charge on any atom is 0.293 e. The Bertz CT molecular complexity index is 1200. The van der Waals surface area contributed by atoms with Gasteiger partial charge in [-0.05, 0) is 47.2 Å². The van der Waals surface area contributed by atoms with Gasteiger partial charge in [-0.2, -0.15) is 0 Å². The number of carbonyl (C=O) groups is 2. The Kier molecular flexibility index (Phi) is 7.81. The summed E-state index contributed by atoms with van der Waals surface area (Å²) in [6.07, 6.45) is 5.29. The van der Waals surface area contributed by atoms with E-state index in [-0.39, 0.29) is 16.3 Å². The smallest absolute Gasteiger partial charge is 0.293 e. The number of rotatable bonds is 8. The maximum absolute atomic E-state index is 14.7. The third kappa shape index (κ3) is 5.98. The predicted molar refractivity (Wildman–Crippen MR) is 129 cm³/mol. The van der Waals surface area contributed by atoms with Crippen LogP contribution < -0.4 is 5.32 Å². The van der Waals surface area contributed by atoms with Crippen molar-refractivity contribution in [2.24, 2.45) is 0 Å². The normalized spacial score (nSPS) is 12.8. The number of aromatic nitrogens is 1. The first kappa shape index (κ1) is 26.2. The molecule has 0 radical (unpaired) electrons. The van der Waals surface area contributed by atoms with E-state index in [1.165, 1.54) is 7.05 Å². The van der Waals surface area contributed by atoms with E-state index in [0.29, 0.717) is 12.2 Å². The fourth-order valence-corrected chi connectivity index (χ4v) is 4.89. The number of amides is 2. The lowest BCUT2D eigenvalue weighted by Crippen LogP contribution is -2.38. The molecular formula is C24H27F2N3O5S. The van der Waals surface area contributed by atoms with E-state index in [9.17, 15) is 23.5 Å². The monoisotopic (exact) mass is 507 g/mol. The Morgan fingerprint density at radius 2 is 1.74 bits per heavy atom. The molecule has 1 heterocycles. The fraction of sp³-hybridized carbons (Fsp3) is 0.292. The standard InChI is InChI=1S/C24H27F2N3O5S/c1-29(24(32)19-12-20(30)28-34-19)21(15-8-6-14(7-9-15)13-33-2)23(31)27-16-10-17(25)22(18(26)11-16)35(3,4)5/h6-12,21H,13H2,1-5H3,(H,27,31)(H,28,30)/t21-/m1/s1. The highest BCUT2D eigenvalue weighted by Gasteiger charge is 2.32. The van der Waals surface area contributed by atoms with Crippen molar-refractivity contribution in [1.29, 1.82) is 0 Å². The number of ether oxygens (including phenoxy) is 1. The van der Waals surface area contributed by atoms with Gasteiger partial charge in [-0.3, -0.25) is 9.59 Å². The molecule has 2 aromatic carbocycles. The van der Waals surface area contributed by atoms with Crippen molar-refractivity contribution >= 4 is 27.5 Å². The molecule has 0 aliphatic carbocycles. The average Bonchev–Trinajstić information content (AvgIpc) is 3.19. The summed E-state index contributed by atoms with van der Waals surface area (Å²) in [5.74, 6) is -3.73. The number of aromatic hydroxyl groups is 1. The van der Waals surface area contributed by atoms with Crippen LogP contribution in [0, 0.1) is 11.6 Å². The Hall–Kier alpha value is -3.44. The van der Waals surface area contributed by atoms with Crippen LogP contribution in [0.25, 0.3) is 0 Å². The Balaban J connectivity index is 1.96.